The number of aryl methyl sites for hydroxylation is 1. The maximum Gasteiger partial charge on any atom is 0.335 e. The number of aliphatic carboxylic acids is 1. The van der Waals surface area contributed by atoms with Crippen molar-refractivity contribution >= 4 is 27.9 Å². The zero-order chi connectivity index (χ0) is 18.7. The fraction of sp³-hybridized carbons (Fsp3) is 0.100. The standard InChI is InChI=1S/C20H16BrNO4/c21-15-5-1-13(2-6-15)18-11-9-17(10-12-19(23)24)22(18)16-7-3-14(4-8-16)20(25)26/h1-9,11H,10,12H2,(H,23,24)(H,25,26). The largest absolute Gasteiger partial charge is 0.481 e. The van der Waals surface area contributed by atoms with Gasteiger partial charge in [0.15, 0.2) is 0 Å². The highest BCUT2D eigenvalue weighted by atomic mass is 79.9. The number of carboxylic acids is 2. The Hall–Kier alpha value is -2.86. The van der Waals surface area contributed by atoms with E-state index < -0.39 is 11.9 Å². The van der Waals surface area contributed by atoms with Gasteiger partial charge in [-0.25, -0.2) is 4.79 Å². The van der Waals surface area contributed by atoms with Crippen molar-refractivity contribution in [3.05, 3.63) is 76.4 Å². The van der Waals surface area contributed by atoms with Gasteiger partial charge in [0, 0.05) is 15.9 Å². The molecule has 0 atom stereocenters. The lowest BCUT2D eigenvalue weighted by Crippen LogP contribution is -2.06. The third-order valence-electron chi connectivity index (χ3n) is 4.07. The summed E-state index contributed by atoms with van der Waals surface area (Å²) < 4.78 is 2.94. The Balaban J connectivity index is 2.09. The topological polar surface area (TPSA) is 79.5 Å². The number of carboxylic acid groups (broad SMARTS) is 2. The SMILES string of the molecule is O=C(O)CCc1ccc(-c2ccc(Br)cc2)n1-c1ccc(C(=O)O)cc1. The fourth-order valence-electron chi connectivity index (χ4n) is 2.81. The monoisotopic (exact) mass is 413 g/mol. The van der Waals surface area contributed by atoms with Crippen molar-refractivity contribution in [1.29, 1.82) is 0 Å². The van der Waals surface area contributed by atoms with Crippen LogP contribution in [0, 0.1) is 0 Å². The number of hydrogen-bond acceptors (Lipinski definition) is 2. The summed E-state index contributed by atoms with van der Waals surface area (Å²) in [6, 6.07) is 18.2. The van der Waals surface area contributed by atoms with E-state index in [0.717, 1.165) is 27.1 Å². The van der Waals surface area contributed by atoms with Gasteiger partial charge in [0.05, 0.1) is 17.7 Å². The number of nitrogens with zero attached hydrogens (tertiary/aromatic N) is 1. The minimum atomic E-state index is -0.983. The van der Waals surface area contributed by atoms with Crippen molar-refractivity contribution in [2.24, 2.45) is 0 Å². The zero-order valence-electron chi connectivity index (χ0n) is 13.7. The first kappa shape index (κ1) is 17.9. The van der Waals surface area contributed by atoms with E-state index >= 15 is 0 Å². The number of hydrogen-bond donors (Lipinski definition) is 2. The molecule has 0 aliphatic rings. The van der Waals surface area contributed by atoms with Gasteiger partial charge in [0.1, 0.15) is 0 Å². The second-order valence-electron chi connectivity index (χ2n) is 5.80. The Morgan fingerprint density at radius 1 is 0.885 bits per heavy atom. The molecule has 1 aromatic heterocycles. The molecular weight excluding hydrogens is 398 g/mol. The molecule has 132 valence electrons. The van der Waals surface area contributed by atoms with Crippen LogP contribution in [-0.2, 0) is 11.2 Å². The smallest absolute Gasteiger partial charge is 0.335 e. The minimum Gasteiger partial charge on any atom is -0.481 e. The molecule has 5 nitrogen and oxygen atoms in total. The Bertz CT molecular complexity index is 943. The van der Waals surface area contributed by atoms with E-state index in [2.05, 4.69) is 15.9 Å². The van der Waals surface area contributed by atoms with Crippen molar-refractivity contribution in [3.8, 4) is 16.9 Å². The summed E-state index contributed by atoms with van der Waals surface area (Å²) in [5, 5.41) is 18.1. The van der Waals surface area contributed by atoms with E-state index in [4.69, 9.17) is 10.2 Å². The van der Waals surface area contributed by atoms with Crippen LogP contribution in [0.5, 0.6) is 0 Å². The van der Waals surface area contributed by atoms with Crippen LogP contribution < -0.4 is 0 Å². The normalized spacial score (nSPS) is 10.7. The number of halogens is 1. The molecule has 0 amide bonds. The van der Waals surface area contributed by atoms with E-state index in [0.29, 0.717) is 6.42 Å². The Kier molecular flexibility index (Phi) is 5.23. The van der Waals surface area contributed by atoms with Gasteiger partial charge in [-0.1, -0.05) is 28.1 Å². The highest BCUT2D eigenvalue weighted by Gasteiger charge is 2.14. The maximum absolute atomic E-state index is 11.1. The molecule has 0 aliphatic heterocycles. The average Bonchev–Trinajstić information content (AvgIpc) is 3.04. The molecule has 2 N–H and O–H groups in total. The predicted octanol–water partition coefficient (Wildman–Crippen LogP) is 4.62. The van der Waals surface area contributed by atoms with E-state index in [1.165, 1.54) is 0 Å². The molecule has 3 rings (SSSR count). The molecule has 26 heavy (non-hydrogen) atoms. The molecule has 0 radical (unpaired) electrons. The Labute approximate surface area is 158 Å². The molecular formula is C20H16BrNO4. The Morgan fingerprint density at radius 2 is 1.54 bits per heavy atom. The van der Waals surface area contributed by atoms with Crippen molar-refractivity contribution in [1.82, 2.24) is 4.57 Å². The van der Waals surface area contributed by atoms with Crippen molar-refractivity contribution in [2.45, 2.75) is 12.8 Å². The fourth-order valence-corrected chi connectivity index (χ4v) is 3.08. The quantitative estimate of drug-likeness (QED) is 0.617. The summed E-state index contributed by atoms with van der Waals surface area (Å²) in [4.78, 5) is 22.1. The van der Waals surface area contributed by atoms with Gasteiger partial charge in [-0.05, 0) is 60.5 Å². The van der Waals surface area contributed by atoms with Crippen LogP contribution in [0.25, 0.3) is 16.9 Å². The molecule has 0 aliphatic carbocycles. The van der Waals surface area contributed by atoms with Crippen LogP contribution in [0.2, 0.25) is 0 Å². The lowest BCUT2D eigenvalue weighted by atomic mass is 10.1. The molecule has 0 spiro atoms. The van der Waals surface area contributed by atoms with Crippen LogP contribution in [0.4, 0.5) is 0 Å². The summed E-state index contributed by atoms with van der Waals surface area (Å²) in [7, 11) is 0. The highest BCUT2D eigenvalue weighted by Crippen LogP contribution is 2.28. The maximum atomic E-state index is 11.1. The number of benzene rings is 2. The van der Waals surface area contributed by atoms with Crippen molar-refractivity contribution < 1.29 is 19.8 Å². The lowest BCUT2D eigenvalue weighted by molar-refractivity contribution is -0.136. The highest BCUT2D eigenvalue weighted by molar-refractivity contribution is 9.10. The zero-order valence-corrected chi connectivity index (χ0v) is 15.3. The van der Waals surface area contributed by atoms with E-state index in [1.807, 2.05) is 41.0 Å². The predicted molar refractivity (Wildman–Crippen MR) is 102 cm³/mol. The van der Waals surface area contributed by atoms with Gasteiger partial charge in [0.2, 0.25) is 0 Å². The first-order chi connectivity index (χ1) is 12.5. The molecule has 0 unspecified atom stereocenters. The minimum absolute atomic E-state index is 0.0248. The number of aromatic carboxylic acids is 1. The van der Waals surface area contributed by atoms with Gasteiger partial charge >= 0.3 is 11.9 Å². The summed E-state index contributed by atoms with van der Waals surface area (Å²) in [6.07, 6.45) is 0.406. The average molecular weight is 414 g/mol. The summed E-state index contributed by atoms with van der Waals surface area (Å²) in [5.74, 6) is -1.84. The van der Waals surface area contributed by atoms with Gasteiger partial charge < -0.3 is 14.8 Å². The van der Waals surface area contributed by atoms with Gasteiger partial charge in [0.25, 0.3) is 0 Å². The molecule has 0 saturated carbocycles. The van der Waals surface area contributed by atoms with Crippen LogP contribution in [0.15, 0.2) is 65.1 Å². The molecule has 6 heteroatoms. The van der Waals surface area contributed by atoms with E-state index in [1.54, 1.807) is 24.3 Å². The first-order valence-corrected chi connectivity index (χ1v) is 8.77. The molecule has 2 aromatic carbocycles. The van der Waals surface area contributed by atoms with Crippen LogP contribution >= 0.6 is 15.9 Å². The second kappa shape index (κ2) is 7.58. The van der Waals surface area contributed by atoms with Crippen LogP contribution in [0.3, 0.4) is 0 Å². The third-order valence-corrected chi connectivity index (χ3v) is 4.60. The van der Waals surface area contributed by atoms with Crippen molar-refractivity contribution in [3.63, 3.8) is 0 Å². The number of aromatic nitrogens is 1. The molecule has 0 fully saturated rings. The lowest BCUT2D eigenvalue weighted by Gasteiger charge is -2.14. The van der Waals surface area contributed by atoms with Crippen LogP contribution in [0.1, 0.15) is 22.5 Å². The van der Waals surface area contributed by atoms with E-state index in [9.17, 15) is 9.59 Å². The summed E-state index contributed by atoms with van der Waals surface area (Å²) in [5.41, 5.74) is 3.75. The number of rotatable bonds is 6. The Morgan fingerprint density at radius 3 is 2.12 bits per heavy atom. The molecule has 0 saturated heterocycles. The molecule has 3 aromatic rings. The van der Waals surface area contributed by atoms with Gasteiger partial charge in [-0.15, -0.1) is 0 Å². The van der Waals surface area contributed by atoms with Gasteiger partial charge in [-0.3, -0.25) is 4.79 Å². The second-order valence-corrected chi connectivity index (χ2v) is 6.71. The van der Waals surface area contributed by atoms with Gasteiger partial charge in [-0.2, -0.15) is 0 Å². The van der Waals surface area contributed by atoms with Crippen molar-refractivity contribution in [2.75, 3.05) is 0 Å². The molecule has 0 bridgehead atoms. The first-order valence-electron chi connectivity index (χ1n) is 7.98. The third kappa shape index (κ3) is 3.86. The summed E-state index contributed by atoms with van der Waals surface area (Å²) in [6.45, 7) is 0. The number of carbonyl (C=O) groups is 2. The van der Waals surface area contributed by atoms with E-state index in [-0.39, 0.29) is 12.0 Å². The summed E-state index contributed by atoms with van der Waals surface area (Å²) >= 11 is 3.42. The molecule has 1 heterocycles. The van der Waals surface area contributed by atoms with Crippen LogP contribution in [-0.4, -0.2) is 26.7 Å².